The number of aromatic carboxylic acids is 1. The van der Waals surface area contributed by atoms with Crippen molar-refractivity contribution in [2.24, 2.45) is 0 Å². The van der Waals surface area contributed by atoms with Crippen LogP contribution in [0.1, 0.15) is 10.6 Å². The Labute approximate surface area is 78.2 Å². The van der Waals surface area contributed by atoms with Crippen molar-refractivity contribution in [1.29, 1.82) is 0 Å². The van der Waals surface area contributed by atoms with E-state index in [9.17, 15) is 4.79 Å². The molecule has 0 spiro atoms. The molecule has 70 valence electrons. The maximum absolute atomic E-state index is 10.4. The third-order valence-electron chi connectivity index (χ3n) is 1.54. The minimum absolute atomic E-state index is 0.171. The highest BCUT2D eigenvalue weighted by Crippen LogP contribution is 2.14. The summed E-state index contributed by atoms with van der Waals surface area (Å²) in [4.78, 5) is 17.9. The summed E-state index contributed by atoms with van der Waals surface area (Å²) in [6, 6.07) is 3.30. The summed E-state index contributed by atoms with van der Waals surface area (Å²) in [5, 5.41) is 11.8. The van der Waals surface area contributed by atoms with E-state index in [-0.39, 0.29) is 11.7 Å². The number of carboxylic acids is 1. The van der Waals surface area contributed by atoms with Crippen LogP contribution < -0.4 is 0 Å². The lowest BCUT2D eigenvalue weighted by Crippen LogP contribution is -1.98. The van der Waals surface area contributed by atoms with E-state index in [1.54, 1.807) is 24.5 Å². The number of rotatable bonds is 2. The fraction of sp³-hybridized carbons (Fsp3) is 0. The van der Waals surface area contributed by atoms with E-state index in [0.717, 1.165) is 0 Å². The van der Waals surface area contributed by atoms with Gasteiger partial charge in [0, 0.05) is 18.0 Å². The van der Waals surface area contributed by atoms with Crippen LogP contribution in [0.4, 0.5) is 0 Å². The molecule has 0 bridgehead atoms. The van der Waals surface area contributed by atoms with Gasteiger partial charge in [-0.1, -0.05) is 0 Å². The Kier molecular flexibility index (Phi) is 1.94. The molecule has 0 aromatic carbocycles. The summed E-state index contributed by atoms with van der Waals surface area (Å²) in [5.74, 6) is -1.39. The molecule has 2 heterocycles. The van der Waals surface area contributed by atoms with Gasteiger partial charge in [-0.25, -0.2) is 4.79 Å². The second-order valence-electron chi connectivity index (χ2n) is 2.46. The second-order valence-corrected chi connectivity index (χ2v) is 2.46. The SMILES string of the molecule is O=C(O)c1noc(-c2ccncc2)n1. The fourth-order valence-electron chi connectivity index (χ4n) is 0.922. The van der Waals surface area contributed by atoms with E-state index in [1.807, 2.05) is 0 Å². The van der Waals surface area contributed by atoms with Crippen molar-refractivity contribution in [1.82, 2.24) is 15.1 Å². The van der Waals surface area contributed by atoms with Gasteiger partial charge in [-0.2, -0.15) is 4.98 Å². The van der Waals surface area contributed by atoms with Crippen LogP contribution in [0.15, 0.2) is 29.0 Å². The zero-order valence-corrected chi connectivity index (χ0v) is 6.91. The standard InChI is InChI=1S/C8H5N3O3/c12-8(13)6-10-7(14-11-6)5-1-3-9-4-2-5/h1-4H,(H,12,13). The molecule has 0 aliphatic rings. The molecule has 6 nitrogen and oxygen atoms in total. The van der Waals surface area contributed by atoms with Crippen LogP contribution in [-0.2, 0) is 0 Å². The van der Waals surface area contributed by atoms with Crippen LogP contribution in [0, 0.1) is 0 Å². The molecule has 0 unspecified atom stereocenters. The van der Waals surface area contributed by atoms with Crippen LogP contribution in [0.25, 0.3) is 11.5 Å². The molecule has 0 saturated heterocycles. The molecule has 0 aliphatic heterocycles. The van der Waals surface area contributed by atoms with Crippen molar-refractivity contribution >= 4 is 5.97 Å². The van der Waals surface area contributed by atoms with Crippen molar-refractivity contribution in [3.05, 3.63) is 30.4 Å². The highest BCUT2D eigenvalue weighted by atomic mass is 16.5. The predicted molar refractivity (Wildman–Crippen MR) is 44.5 cm³/mol. The Morgan fingerprint density at radius 1 is 1.36 bits per heavy atom. The second kappa shape index (κ2) is 3.25. The molecule has 1 N–H and O–H groups in total. The maximum Gasteiger partial charge on any atom is 0.377 e. The van der Waals surface area contributed by atoms with Crippen molar-refractivity contribution < 1.29 is 14.4 Å². The Bertz CT molecular complexity index is 452. The molecular weight excluding hydrogens is 186 g/mol. The third-order valence-corrected chi connectivity index (χ3v) is 1.54. The molecule has 0 aliphatic carbocycles. The molecule has 14 heavy (non-hydrogen) atoms. The van der Waals surface area contributed by atoms with Gasteiger partial charge < -0.3 is 9.63 Å². The van der Waals surface area contributed by atoms with Crippen molar-refractivity contribution in [3.8, 4) is 11.5 Å². The van der Waals surface area contributed by atoms with Gasteiger partial charge in [-0.15, -0.1) is 0 Å². The monoisotopic (exact) mass is 191 g/mol. The zero-order chi connectivity index (χ0) is 9.97. The fourth-order valence-corrected chi connectivity index (χ4v) is 0.922. The number of aromatic nitrogens is 3. The number of nitrogens with zero attached hydrogens (tertiary/aromatic N) is 3. The Hall–Kier alpha value is -2.24. The van der Waals surface area contributed by atoms with Gasteiger partial charge in [-0.3, -0.25) is 4.98 Å². The first-order valence-corrected chi connectivity index (χ1v) is 3.75. The summed E-state index contributed by atoms with van der Waals surface area (Å²) in [6.07, 6.45) is 3.11. The van der Waals surface area contributed by atoms with Crippen molar-refractivity contribution in [2.45, 2.75) is 0 Å². The van der Waals surface area contributed by atoms with Gasteiger partial charge in [-0.05, 0) is 17.3 Å². The molecule has 0 saturated carbocycles. The van der Waals surface area contributed by atoms with Crippen LogP contribution in [0.2, 0.25) is 0 Å². The lowest BCUT2D eigenvalue weighted by molar-refractivity contribution is 0.0680. The lowest BCUT2D eigenvalue weighted by atomic mass is 10.3. The highest BCUT2D eigenvalue weighted by molar-refractivity contribution is 5.83. The van der Waals surface area contributed by atoms with Crippen molar-refractivity contribution in [3.63, 3.8) is 0 Å². The van der Waals surface area contributed by atoms with E-state index >= 15 is 0 Å². The Morgan fingerprint density at radius 3 is 2.64 bits per heavy atom. The van der Waals surface area contributed by atoms with Gasteiger partial charge in [0.15, 0.2) is 0 Å². The van der Waals surface area contributed by atoms with E-state index in [4.69, 9.17) is 9.63 Å². The number of hydrogen-bond acceptors (Lipinski definition) is 5. The molecular formula is C8H5N3O3. The predicted octanol–water partition coefficient (Wildman–Crippen LogP) is 0.830. The summed E-state index contributed by atoms with van der Waals surface area (Å²) in [6.45, 7) is 0. The van der Waals surface area contributed by atoms with Crippen LogP contribution in [0.5, 0.6) is 0 Å². The van der Waals surface area contributed by atoms with E-state index in [0.29, 0.717) is 5.56 Å². The summed E-state index contributed by atoms with van der Waals surface area (Å²) >= 11 is 0. The third kappa shape index (κ3) is 1.45. The van der Waals surface area contributed by atoms with Crippen molar-refractivity contribution in [2.75, 3.05) is 0 Å². The zero-order valence-electron chi connectivity index (χ0n) is 6.91. The molecule has 0 radical (unpaired) electrons. The molecule has 6 heteroatoms. The summed E-state index contributed by atoms with van der Waals surface area (Å²) < 4.78 is 4.74. The van der Waals surface area contributed by atoms with Gasteiger partial charge in [0.05, 0.1) is 0 Å². The molecule has 0 fully saturated rings. The minimum Gasteiger partial charge on any atom is -0.475 e. The average Bonchev–Trinajstić information content (AvgIpc) is 2.68. The largest absolute Gasteiger partial charge is 0.475 e. The molecule has 2 rings (SSSR count). The summed E-state index contributed by atoms with van der Waals surface area (Å²) in [7, 11) is 0. The van der Waals surface area contributed by atoms with Crippen LogP contribution >= 0.6 is 0 Å². The molecule has 0 amide bonds. The van der Waals surface area contributed by atoms with E-state index < -0.39 is 5.97 Å². The van der Waals surface area contributed by atoms with Gasteiger partial charge >= 0.3 is 5.97 Å². The minimum atomic E-state index is -1.21. The van der Waals surface area contributed by atoms with Gasteiger partial charge in [0.1, 0.15) is 0 Å². The quantitative estimate of drug-likeness (QED) is 0.756. The van der Waals surface area contributed by atoms with E-state index in [1.165, 1.54) is 0 Å². The first-order chi connectivity index (χ1) is 6.77. The van der Waals surface area contributed by atoms with Gasteiger partial charge in [0.25, 0.3) is 11.7 Å². The molecule has 2 aromatic heterocycles. The normalized spacial score (nSPS) is 10.0. The smallest absolute Gasteiger partial charge is 0.377 e. The number of carbonyl (C=O) groups is 1. The molecule has 2 aromatic rings. The average molecular weight is 191 g/mol. The molecule has 0 atom stereocenters. The number of pyridine rings is 1. The Balaban J connectivity index is 2.39. The maximum atomic E-state index is 10.4. The lowest BCUT2D eigenvalue weighted by Gasteiger charge is -1.89. The van der Waals surface area contributed by atoms with Crippen LogP contribution in [-0.4, -0.2) is 26.2 Å². The first-order valence-electron chi connectivity index (χ1n) is 3.75. The number of carboxylic acid groups (broad SMARTS) is 1. The first kappa shape index (κ1) is 8.36. The highest BCUT2D eigenvalue weighted by Gasteiger charge is 2.13. The van der Waals surface area contributed by atoms with Crippen LogP contribution in [0.3, 0.4) is 0 Å². The van der Waals surface area contributed by atoms with E-state index in [2.05, 4.69) is 15.1 Å². The Morgan fingerprint density at radius 2 is 2.07 bits per heavy atom. The summed E-state index contributed by atoms with van der Waals surface area (Å²) in [5.41, 5.74) is 0.639. The number of hydrogen-bond donors (Lipinski definition) is 1. The van der Waals surface area contributed by atoms with Gasteiger partial charge in [0.2, 0.25) is 0 Å². The topological polar surface area (TPSA) is 89.1 Å².